The highest BCUT2D eigenvalue weighted by molar-refractivity contribution is 5.53. The van der Waals surface area contributed by atoms with E-state index < -0.39 is 24.6 Å². The monoisotopic (exact) mass is 714 g/mol. The van der Waals surface area contributed by atoms with Gasteiger partial charge in [0, 0.05) is 36.7 Å². The molecule has 6 aromatic rings. The van der Waals surface area contributed by atoms with Gasteiger partial charge in [0.2, 0.25) is 11.9 Å². The molecule has 0 amide bonds. The topological polar surface area (TPSA) is 153 Å². The number of anilines is 2. The minimum absolute atomic E-state index is 0.0186. The number of aromatic nitrogens is 8. The van der Waals surface area contributed by atoms with E-state index in [1.807, 2.05) is 24.3 Å². The van der Waals surface area contributed by atoms with Crippen LogP contribution in [0.2, 0.25) is 0 Å². The first-order valence-corrected chi connectivity index (χ1v) is 16.7. The Morgan fingerprint density at radius 2 is 1.21 bits per heavy atom. The number of benzene rings is 2. The lowest BCUT2D eigenvalue weighted by Crippen LogP contribution is -2.23. The van der Waals surface area contributed by atoms with Crippen LogP contribution in [0.4, 0.5) is 29.5 Å². The van der Waals surface area contributed by atoms with E-state index in [2.05, 4.69) is 89.1 Å². The third kappa shape index (κ3) is 7.60. The Balaban J connectivity index is 0.000000162. The maximum absolute atomic E-state index is 12.5. The summed E-state index contributed by atoms with van der Waals surface area (Å²) in [5.41, 5.74) is 5.71. The molecule has 2 fully saturated rings. The molecule has 2 atom stereocenters. The Morgan fingerprint density at radius 1 is 0.673 bits per heavy atom. The normalized spacial score (nSPS) is 17.5. The predicted octanol–water partition coefficient (Wildman–Crippen LogP) is 8.39. The van der Waals surface area contributed by atoms with Crippen LogP contribution in [0.1, 0.15) is 84.9 Å². The Labute approximate surface area is 295 Å². The second-order valence-corrected chi connectivity index (χ2v) is 12.8. The van der Waals surface area contributed by atoms with Crippen molar-refractivity contribution >= 4 is 11.9 Å². The smallest absolute Gasteiger partial charge is 0.314 e. The van der Waals surface area contributed by atoms with Crippen molar-refractivity contribution in [1.29, 1.82) is 0 Å². The molecule has 2 aliphatic carbocycles. The van der Waals surface area contributed by atoms with E-state index in [1.165, 1.54) is 47.0 Å². The number of alkyl halides is 4. The molecule has 16 heteroatoms. The quantitative estimate of drug-likeness (QED) is 0.131. The lowest BCUT2D eigenvalue weighted by molar-refractivity contribution is 0.115. The van der Waals surface area contributed by atoms with Crippen molar-refractivity contribution in [3.63, 3.8) is 0 Å². The highest BCUT2D eigenvalue weighted by atomic mass is 19.3. The van der Waals surface area contributed by atoms with Crippen molar-refractivity contribution in [2.24, 2.45) is 0 Å². The number of nitrogens with one attached hydrogen (secondary N) is 2. The molecule has 0 bridgehead atoms. The number of halogens is 4. The average molecular weight is 715 g/mol. The molecule has 8 rings (SSSR count). The molecule has 0 saturated heterocycles. The van der Waals surface area contributed by atoms with Crippen LogP contribution < -0.4 is 10.6 Å². The summed E-state index contributed by atoms with van der Waals surface area (Å²) in [6.45, 7) is 4.20. The highest BCUT2D eigenvalue weighted by Gasteiger charge is 2.46. The van der Waals surface area contributed by atoms with Crippen molar-refractivity contribution < 1.29 is 26.4 Å². The van der Waals surface area contributed by atoms with Crippen molar-refractivity contribution in [2.75, 3.05) is 10.6 Å². The van der Waals surface area contributed by atoms with Crippen molar-refractivity contribution in [2.45, 2.75) is 76.3 Å². The number of nitrogens with zero attached hydrogens (tertiary/aromatic N) is 8. The maximum atomic E-state index is 12.5. The molecule has 268 valence electrons. The lowest BCUT2D eigenvalue weighted by Gasteiger charge is -2.22. The molecule has 2 unspecified atom stereocenters. The Kier molecular flexibility index (Phi) is 9.87. The van der Waals surface area contributed by atoms with Crippen molar-refractivity contribution in [1.82, 2.24) is 40.3 Å². The first-order valence-electron chi connectivity index (χ1n) is 16.7. The SMILES string of the molecule is Cc1cccc(C)c1C1(Nc2ncc(-c3nnc(C(F)F)o3)cn2)CC1.FC(F)c1nnc(-c2cnc(NC3CCCC3c3ccccc3)nc2)o1. The summed E-state index contributed by atoms with van der Waals surface area (Å²) in [5.74, 6) is -0.0765. The largest absolute Gasteiger partial charge is 0.415 e. The molecule has 0 radical (unpaired) electrons. The molecule has 4 heterocycles. The van der Waals surface area contributed by atoms with Crippen molar-refractivity contribution in [3.8, 4) is 22.9 Å². The van der Waals surface area contributed by atoms with Gasteiger partial charge in [0.05, 0.1) is 16.7 Å². The van der Waals surface area contributed by atoms with Crippen LogP contribution in [0.3, 0.4) is 0 Å². The van der Waals surface area contributed by atoms with Crippen LogP contribution in [-0.4, -0.2) is 46.4 Å². The molecule has 12 nitrogen and oxygen atoms in total. The fourth-order valence-corrected chi connectivity index (χ4v) is 6.64. The molecular formula is C36H34F4N10O2. The number of rotatable bonds is 10. The van der Waals surface area contributed by atoms with Gasteiger partial charge < -0.3 is 19.5 Å². The van der Waals surface area contributed by atoms with Gasteiger partial charge in [0.25, 0.3) is 23.6 Å². The minimum Gasteiger partial charge on any atom is -0.415 e. The van der Waals surface area contributed by atoms with Crippen LogP contribution in [0.5, 0.6) is 0 Å². The molecule has 2 aliphatic rings. The Hall–Kier alpha value is -5.80. The van der Waals surface area contributed by atoms with Crippen LogP contribution in [0, 0.1) is 13.8 Å². The van der Waals surface area contributed by atoms with Gasteiger partial charge in [-0.3, -0.25) is 0 Å². The summed E-state index contributed by atoms with van der Waals surface area (Å²) in [6, 6.07) is 16.9. The van der Waals surface area contributed by atoms with Crippen LogP contribution >= 0.6 is 0 Å². The molecular weight excluding hydrogens is 680 g/mol. The van der Waals surface area contributed by atoms with Gasteiger partial charge >= 0.3 is 12.9 Å². The fourth-order valence-electron chi connectivity index (χ4n) is 6.64. The molecule has 52 heavy (non-hydrogen) atoms. The van der Waals surface area contributed by atoms with Gasteiger partial charge in [-0.2, -0.15) is 17.6 Å². The zero-order valence-corrected chi connectivity index (χ0v) is 28.2. The van der Waals surface area contributed by atoms with E-state index in [0.717, 1.165) is 32.1 Å². The van der Waals surface area contributed by atoms with E-state index in [-0.39, 0.29) is 23.4 Å². The molecule has 2 aromatic carbocycles. The number of hydrogen-bond donors (Lipinski definition) is 2. The molecule has 2 N–H and O–H groups in total. The summed E-state index contributed by atoms with van der Waals surface area (Å²) in [4.78, 5) is 17.1. The zero-order valence-electron chi connectivity index (χ0n) is 28.2. The van der Waals surface area contributed by atoms with Crippen LogP contribution in [0.25, 0.3) is 22.9 Å². The molecule has 0 aliphatic heterocycles. The van der Waals surface area contributed by atoms with Crippen LogP contribution in [0.15, 0.2) is 82.2 Å². The number of aryl methyl sites for hydroxylation is 2. The van der Waals surface area contributed by atoms with E-state index in [4.69, 9.17) is 8.83 Å². The van der Waals surface area contributed by atoms with Crippen molar-refractivity contribution in [3.05, 3.63) is 107 Å². The van der Waals surface area contributed by atoms with Crippen LogP contribution in [-0.2, 0) is 5.54 Å². The molecule has 0 spiro atoms. The van der Waals surface area contributed by atoms with E-state index in [9.17, 15) is 17.6 Å². The average Bonchev–Trinajstić information content (AvgIpc) is 3.56. The molecule has 2 saturated carbocycles. The van der Waals surface area contributed by atoms with Gasteiger partial charge in [-0.25, -0.2) is 19.9 Å². The zero-order chi connectivity index (χ0) is 36.2. The minimum atomic E-state index is -2.80. The predicted molar refractivity (Wildman–Crippen MR) is 181 cm³/mol. The fraction of sp³-hybridized carbons (Fsp3) is 0.333. The maximum Gasteiger partial charge on any atom is 0.314 e. The first-order chi connectivity index (χ1) is 25.2. The van der Waals surface area contributed by atoms with E-state index in [0.29, 0.717) is 28.9 Å². The van der Waals surface area contributed by atoms with Gasteiger partial charge in [-0.15, -0.1) is 20.4 Å². The number of hydrogen-bond acceptors (Lipinski definition) is 12. The Morgan fingerprint density at radius 3 is 1.71 bits per heavy atom. The summed E-state index contributed by atoms with van der Waals surface area (Å²) in [7, 11) is 0. The van der Waals surface area contributed by atoms with E-state index in [1.54, 1.807) is 0 Å². The van der Waals surface area contributed by atoms with Gasteiger partial charge in [0.15, 0.2) is 0 Å². The standard InChI is InChI=1S/2C18H17F2N5O/c1-10-4-3-5-11(2)13(10)18(6-7-18)23-17-21-8-12(9-22-17)15-24-25-16(26-15)14(19)20;19-15(20)17-25-24-16(26-17)12-9-21-18(22-10-12)23-14-8-4-7-13(14)11-5-2-1-3-6-11/h3-5,8-9,14H,6-7H2,1-2H3,(H,21,22,23);1-3,5-6,9-10,13-15H,4,7-8H2,(H,21,22,23). The summed E-state index contributed by atoms with van der Waals surface area (Å²) >= 11 is 0. The summed E-state index contributed by atoms with van der Waals surface area (Å²) in [6.07, 6.45) is 5.68. The summed E-state index contributed by atoms with van der Waals surface area (Å²) in [5, 5.41) is 20.6. The lowest BCUT2D eigenvalue weighted by atomic mass is 9.94. The first kappa shape index (κ1) is 34.6. The van der Waals surface area contributed by atoms with E-state index >= 15 is 0 Å². The Bertz CT molecular complexity index is 2070. The second-order valence-electron chi connectivity index (χ2n) is 12.8. The highest BCUT2D eigenvalue weighted by Crippen LogP contribution is 2.50. The second kappa shape index (κ2) is 14.8. The third-order valence-electron chi connectivity index (χ3n) is 9.17. The van der Waals surface area contributed by atoms with Gasteiger partial charge in [-0.05, 0) is 61.8 Å². The third-order valence-corrected chi connectivity index (χ3v) is 9.17. The molecule has 4 aromatic heterocycles. The van der Waals surface area contributed by atoms with Gasteiger partial charge in [0.1, 0.15) is 0 Å². The summed E-state index contributed by atoms with van der Waals surface area (Å²) < 4.78 is 60.0. The van der Waals surface area contributed by atoms with Gasteiger partial charge in [-0.1, -0.05) is 55.0 Å².